The lowest BCUT2D eigenvalue weighted by Gasteiger charge is -2.26. The van der Waals surface area contributed by atoms with Gasteiger partial charge in [0.05, 0.1) is 32.8 Å². The molecule has 1 saturated heterocycles. The van der Waals surface area contributed by atoms with E-state index < -0.39 is 0 Å². The molecule has 1 unspecified atom stereocenters. The summed E-state index contributed by atoms with van der Waals surface area (Å²) in [6.07, 6.45) is 0.857. The number of fused-ring (bicyclic) bond motifs is 1. The number of hydrogen-bond donors (Lipinski definition) is 0. The number of ether oxygens (including phenoxy) is 3. The standard InChI is InChI=1S/C21H27NO4/c1-16(21(23)26-11-3-8-22-9-12-25-13-10-22)17-4-5-19-15-20(24-2)7-6-18(19)14-17/h4-7,14-16H,3,8-13H2,1-2H3. The van der Waals surface area contributed by atoms with Crippen LogP contribution in [-0.2, 0) is 14.3 Å². The summed E-state index contributed by atoms with van der Waals surface area (Å²) in [6, 6.07) is 12.0. The van der Waals surface area contributed by atoms with Gasteiger partial charge in [0.15, 0.2) is 0 Å². The van der Waals surface area contributed by atoms with Crippen LogP contribution in [0.2, 0.25) is 0 Å². The average molecular weight is 357 g/mol. The van der Waals surface area contributed by atoms with Crippen molar-refractivity contribution in [3.63, 3.8) is 0 Å². The molecule has 0 radical (unpaired) electrons. The summed E-state index contributed by atoms with van der Waals surface area (Å²) in [6.45, 7) is 6.83. The molecule has 3 rings (SSSR count). The lowest BCUT2D eigenvalue weighted by Crippen LogP contribution is -2.37. The highest BCUT2D eigenvalue weighted by Crippen LogP contribution is 2.25. The number of hydrogen-bond acceptors (Lipinski definition) is 5. The van der Waals surface area contributed by atoms with Crippen LogP contribution in [0.25, 0.3) is 10.8 Å². The van der Waals surface area contributed by atoms with Crippen molar-refractivity contribution in [3.8, 4) is 5.75 Å². The van der Waals surface area contributed by atoms with Crippen LogP contribution in [0, 0.1) is 0 Å². The summed E-state index contributed by atoms with van der Waals surface area (Å²) in [5, 5.41) is 2.19. The molecule has 5 nitrogen and oxygen atoms in total. The zero-order chi connectivity index (χ0) is 18.4. The van der Waals surface area contributed by atoms with E-state index in [4.69, 9.17) is 14.2 Å². The fourth-order valence-corrected chi connectivity index (χ4v) is 3.19. The molecule has 0 aromatic heterocycles. The van der Waals surface area contributed by atoms with Gasteiger partial charge in [-0.1, -0.05) is 24.3 Å². The molecule has 26 heavy (non-hydrogen) atoms. The Balaban J connectivity index is 1.51. The fraction of sp³-hybridized carbons (Fsp3) is 0.476. The minimum absolute atomic E-state index is 0.167. The molecule has 2 aromatic rings. The summed E-state index contributed by atoms with van der Waals surface area (Å²) >= 11 is 0. The summed E-state index contributed by atoms with van der Waals surface area (Å²) < 4.78 is 16.1. The molecular weight excluding hydrogens is 330 g/mol. The van der Waals surface area contributed by atoms with E-state index in [1.807, 2.05) is 37.3 Å². The normalized spacial score (nSPS) is 16.4. The number of esters is 1. The summed E-state index contributed by atoms with van der Waals surface area (Å²) in [4.78, 5) is 14.7. The van der Waals surface area contributed by atoms with Crippen LogP contribution in [-0.4, -0.2) is 57.4 Å². The maximum Gasteiger partial charge on any atom is 0.313 e. The van der Waals surface area contributed by atoms with E-state index in [-0.39, 0.29) is 11.9 Å². The summed E-state index contributed by atoms with van der Waals surface area (Å²) in [5.41, 5.74) is 0.973. The second-order valence-corrected chi connectivity index (χ2v) is 6.67. The smallest absolute Gasteiger partial charge is 0.313 e. The Morgan fingerprint density at radius 3 is 2.65 bits per heavy atom. The maximum atomic E-state index is 12.4. The molecule has 0 N–H and O–H groups in total. The topological polar surface area (TPSA) is 48.0 Å². The Bertz CT molecular complexity index is 740. The minimum atomic E-state index is -0.273. The van der Waals surface area contributed by atoms with Crippen LogP contribution in [0.15, 0.2) is 36.4 Å². The number of carbonyl (C=O) groups excluding carboxylic acids is 1. The van der Waals surface area contributed by atoms with Crippen molar-refractivity contribution < 1.29 is 19.0 Å². The second-order valence-electron chi connectivity index (χ2n) is 6.67. The van der Waals surface area contributed by atoms with Gasteiger partial charge >= 0.3 is 5.97 Å². The summed E-state index contributed by atoms with van der Waals surface area (Å²) in [5.74, 6) is 0.391. The van der Waals surface area contributed by atoms with E-state index in [2.05, 4.69) is 11.0 Å². The highest BCUT2D eigenvalue weighted by atomic mass is 16.5. The van der Waals surface area contributed by atoms with Crippen LogP contribution in [0.4, 0.5) is 0 Å². The highest BCUT2D eigenvalue weighted by Gasteiger charge is 2.17. The summed E-state index contributed by atoms with van der Waals surface area (Å²) in [7, 11) is 1.66. The van der Waals surface area contributed by atoms with Gasteiger partial charge in [-0.05, 0) is 41.8 Å². The Labute approximate surface area is 154 Å². The third kappa shape index (κ3) is 4.74. The lowest BCUT2D eigenvalue weighted by molar-refractivity contribution is -0.145. The van der Waals surface area contributed by atoms with Gasteiger partial charge in [0.2, 0.25) is 0 Å². The Morgan fingerprint density at radius 1 is 1.15 bits per heavy atom. The molecule has 0 aliphatic carbocycles. The quantitative estimate of drug-likeness (QED) is 0.562. The van der Waals surface area contributed by atoms with Gasteiger partial charge in [-0.25, -0.2) is 0 Å². The van der Waals surface area contributed by atoms with Crippen molar-refractivity contribution in [2.75, 3.05) is 46.6 Å². The first-order chi connectivity index (χ1) is 12.7. The molecule has 0 saturated carbocycles. The van der Waals surface area contributed by atoms with Crippen molar-refractivity contribution in [3.05, 3.63) is 42.0 Å². The highest BCUT2D eigenvalue weighted by molar-refractivity contribution is 5.86. The molecule has 1 aliphatic rings. The SMILES string of the molecule is COc1ccc2cc(C(C)C(=O)OCCCN3CCOCC3)ccc2c1. The molecule has 1 heterocycles. The number of carbonyl (C=O) groups is 1. The molecule has 1 fully saturated rings. The molecular formula is C21H27NO4. The number of methoxy groups -OCH3 is 1. The van der Waals surface area contributed by atoms with Gasteiger partial charge in [0, 0.05) is 19.6 Å². The molecule has 0 bridgehead atoms. The number of rotatable bonds is 7. The van der Waals surface area contributed by atoms with Crippen molar-refractivity contribution in [1.29, 1.82) is 0 Å². The van der Waals surface area contributed by atoms with Crippen LogP contribution in [0.1, 0.15) is 24.8 Å². The predicted octanol–water partition coefficient (Wildman–Crippen LogP) is 3.22. The minimum Gasteiger partial charge on any atom is -0.497 e. The lowest BCUT2D eigenvalue weighted by atomic mass is 9.98. The molecule has 2 aromatic carbocycles. The second kappa shape index (κ2) is 9.01. The molecule has 140 valence electrons. The molecule has 0 spiro atoms. The predicted molar refractivity (Wildman–Crippen MR) is 102 cm³/mol. The van der Waals surface area contributed by atoms with Crippen LogP contribution in [0.5, 0.6) is 5.75 Å². The van der Waals surface area contributed by atoms with Crippen LogP contribution < -0.4 is 4.74 Å². The molecule has 1 aliphatic heterocycles. The first-order valence-corrected chi connectivity index (χ1v) is 9.22. The van der Waals surface area contributed by atoms with E-state index in [1.54, 1.807) is 7.11 Å². The zero-order valence-electron chi connectivity index (χ0n) is 15.6. The number of nitrogens with zero attached hydrogens (tertiary/aromatic N) is 1. The van der Waals surface area contributed by atoms with Gasteiger partial charge in [-0.15, -0.1) is 0 Å². The van der Waals surface area contributed by atoms with Gasteiger partial charge in [0.1, 0.15) is 5.75 Å². The maximum absolute atomic E-state index is 12.4. The zero-order valence-corrected chi connectivity index (χ0v) is 15.6. The Hall–Kier alpha value is -2.11. The van der Waals surface area contributed by atoms with Crippen molar-refractivity contribution in [2.45, 2.75) is 19.3 Å². The van der Waals surface area contributed by atoms with Gasteiger partial charge in [0.25, 0.3) is 0 Å². The van der Waals surface area contributed by atoms with Crippen LogP contribution in [0.3, 0.4) is 0 Å². The first-order valence-electron chi connectivity index (χ1n) is 9.22. The van der Waals surface area contributed by atoms with Gasteiger partial charge < -0.3 is 14.2 Å². The molecule has 1 atom stereocenters. The van der Waals surface area contributed by atoms with Gasteiger partial charge in [-0.3, -0.25) is 9.69 Å². The number of morpholine rings is 1. The van der Waals surface area contributed by atoms with Gasteiger partial charge in [-0.2, -0.15) is 0 Å². The molecule has 0 amide bonds. The first kappa shape index (κ1) is 18.7. The van der Waals surface area contributed by atoms with Crippen molar-refractivity contribution in [1.82, 2.24) is 4.90 Å². The third-order valence-electron chi connectivity index (χ3n) is 4.89. The largest absolute Gasteiger partial charge is 0.497 e. The Morgan fingerprint density at radius 2 is 1.88 bits per heavy atom. The van der Waals surface area contributed by atoms with E-state index in [9.17, 15) is 4.79 Å². The van der Waals surface area contributed by atoms with Crippen LogP contribution >= 0.6 is 0 Å². The fourth-order valence-electron chi connectivity index (χ4n) is 3.19. The number of benzene rings is 2. The van der Waals surface area contributed by atoms with E-state index in [0.717, 1.165) is 61.4 Å². The average Bonchev–Trinajstić information content (AvgIpc) is 2.70. The third-order valence-corrected chi connectivity index (χ3v) is 4.89. The molecule has 5 heteroatoms. The van der Waals surface area contributed by atoms with Crippen molar-refractivity contribution >= 4 is 16.7 Å². The van der Waals surface area contributed by atoms with Crippen molar-refractivity contribution in [2.24, 2.45) is 0 Å². The van der Waals surface area contributed by atoms with E-state index in [0.29, 0.717) is 6.61 Å². The van der Waals surface area contributed by atoms with E-state index >= 15 is 0 Å². The monoisotopic (exact) mass is 357 g/mol. The Kier molecular flexibility index (Phi) is 6.47. The van der Waals surface area contributed by atoms with E-state index in [1.165, 1.54) is 0 Å².